The van der Waals surface area contributed by atoms with E-state index in [4.69, 9.17) is 0 Å². The molecule has 0 amide bonds. The van der Waals surface area contributed by atoms with E-state index in [0.29, 0.717) is 0 Å². The van der Waals surface area contributed by atoms with Gasteiger partial charge >= 0.3 is 0 Å². The van der Waals surface area contributed by atoms with E-state index in [2.05, 4.69) is 49.8 Å². The van der Waals surface area contributed by atoms with Gasteiger partial charge in [0.05, 0.1) is 12.6 Å². The first-order valence-electron chi connectivity index (χ1n) is 9.77. The molecular formula is C20H25FN6S. The summed E-state index contributed by atoms with van der Waals surface area (Å²) < 4.78 is 15.1. The van der Waals surface area contributed by atoms with Crippen LogP contribution in [0.4, 0.5) is 10.1 Å². The fourth-order valence-electron chi connectivity index (χ4n) is 3.81. The average Bonchev–Trinajstić information content (AvgIpc) is 3.40. The predicted molar refractivity (Wildman–Crippen MR) is 109 cm³/mol. The molecule has 0 bridgehead atoms. The van der Waals surface area contributed by atoms with Crippen molar-refractivity contribution >= 4 is 17.0 Å². The number of anilines is 1. The van der Waals surface area contributed by atoms with E-state index in [9.17, 15) is 4.39 Å². The minimum absolute atomic E-state index is 0.192. The molecule has 1 aromatic carbocycles. The first-order valence-corrected chi connectivity index (χ1v) is 10.7. The third-order valence-corrected chi connectivity index (χ3v) is 6.11. The van der Waals surface area contributed by atoms with Crippen LogP contribution in [0.25, 0.3) is 0 Å². The van der Waals surface area contributed by atoms with Crippen LogP contribution in [-0.4, -0.2) is 51.3 Å². The van der Waals surface area contributed by atoms with Crippen LogP contribution in [0.5, 0.6) is 0 Å². The molecule has 2 aromatic heterocycles. The molecule has 8 heteroatoms. The zero-order chi connectivity index (χ0) is 19.3. The van der Waals surface area contributed by atoms with Gasteiger partial charge in [-0.25, -0.2) is 9.07 Å². The Bertz CT molecular complexity index is 855. The van der Waals surface area contributed by atoms with Crippen molar-refractivity contribution in [2.75, 3.05) is 31.1 Å². The van der Waals surface area contributed by atoms with Crippen LogP contribution in [0, 0.1) is 5.82 Å². The Hall–Kier alpha value is -2.32. The molecule has 1 aliphatic heterocycles. The van der Waals surface area contributed by atoms with Crippen LogP contribution >= 0.6 is 11.3 Å². The number of tetrazole rings is 1. The van der Waals surface area contributed by atoms with Gasteiger partial charge in [-0.3, -0.25) is 4.90 Å². The van der Waals surface area contributed by atoms with Crippen molar-refractivity contribution in [3.8, 4) is 0 Å². The average molecular weight is 401 g/mol. The Morgan fingerprint density at radius 1 is 1.11 bits per heavy atom. The van der Waals surface area contributed by atoms with Gasteiger partial charge in [0.15, 0.2) is 5.82 Å². The third-order valence-electron chi connectivity index (χ3n) is 5.25. The zero-order valence-electron chi connectivity index (χ0n) is 16.0. The summed E-state index contributed by atoms with van der Waals surface area (Å²) in [6.45, 7) is 6.63. The number of thiophene rings is 1. The first kappa shape index (κ1) is 19.0. The van der Waals surface area contributed by atoms with Crippen LogP contribution in [0.15, 0.2) is 41.8 Å². The molecule has 1 aliphatic rings. The lowest BCUT2D eigenvalue weighted by atomic mass is 10.1. The van der Waals surface area contributed by atoms with E-state index in [-0.39, 0.29) is 11.9 Å². The van der Waals surface area contributed by atoms with Gasteiger partial charge in [0.2, 0.25) is 0 Å². The lowest BCUT2D eigenvalue weighted by Gasteiger charge is -2.39. The molecule has 0 aliphatic carbocycles. The molecule has 1 atom stereocenters. The molecule has 28 heavy (non-hydrogen) atoms. The topological polar surface area (TPSA) is 50.1 Å². The second-order valence-corrected chi connectivity index (χ2v) is 8.11. The Kier molecular flexibility index (Phi) is 5.97. The number of piperazine rings is 1. The van der Waals surface area contributed by atoms with Crippen molar-refractivity contribution in [1.82, 2.24) is 25.1 Å². The van der Waals surface area contributed by atoms with Gasteiger partial charge < -0.3 is 4.90 Å². The van der Waals surface area contributed by atoms with Crippen LogP contribution < -0.4 is 4.90 Å². The Morgan fingerprint density at radius 2 is 1.89 bits per heavy atom. The van der Waals surface area contributed by atoms with Gasteiger partial charge in [0, 0.05) is 36.7 Å². The smallest absolute Gasteiger partial charge is 0.168 e. The number of benzene rings is 1. The van der Waals surface area contributed by atoms with E-state index in [0.717, 1.165) is 57.1 Å². The summed E-state index contributed by atoms with van der Waals surface area (Å²) in [6.07, 6.45) is 2.11. The molecule has 3 aromatic rings. The highest BCUT2D eigenvalue weighted by Crippen LogP contribution is 2.27. The van der Waals surface area contributed by atoms with Crippen LogP contribution in [0.3, 0.4) is 0 Å². The van der Waals surface area contributed by atoms with Gasteiger partial charge in [-0.05, 0) is 52.6 Å². The second kappa shape index (κ2) is 8.79. The molecule has 1 saturated heterocycles. The van der Waals surface area contributed by atoms with Crippen molar-refractivity contribution in [3.63, 3.8) is 0 Å². The number of rotatable bonds is 7. The SMILES string of the molecule is CCC[C@@H](c1nnnn1Cc1cccs1)N1CCN(c2ccc(F)cc2)CC1. The maximum atomic E-state index is 13.2. The number of nitrogens with zero attached hydrogens (tertiary/aromatic N) is 6. The molecule has 6 nitrogen and oxygen atoms in total. The van der Waals surface area contributed by atoms with Crippen molar-refractivity contribution in [2.45, 2.75) is 32.4 Å². The highest BCUT2D eigenvalue weighted by molar-refractivity contribution is 7.09. The van der Waals surface area contributed by atoms with Crippen molar-refractivity contribution < 1.29 is 4.39 Å². The van der Waals surface area contributed by atoms with E-state index < -0.39 is 0 Å². The Labute approximate surface area is 168 Å². The van der Waals surface area contributed by atoms with Crippen molar-refractivity contribution in [1.29, 1.82) is 0 Å². The first-order chi connectivity index (χ1) is 13.7. The van der Waals surface area contributed by atoms with E-state index in [1.165, 1.54) is 17.0 Å². The summed E-state index contributed by atoms with van der Waals surface area (Å²) in [4.78, 5) is 6.05. The fourth-order valence-corrected chi connectivity index (χ4v) is 4.49. The molecule has 0 N–H and O–H groups in total. The molecule has 0 radical (unpaired) electrons. The van der Waals surface area contributed by atoms with E-state index >= 15 is 0 Å². The normalized spacial score (nSPS) is 16.4. The van der Waals surface area contributed by atoms with Crippen LogP contribution in [0.2, 0.25) is 0 Å². The molecule has 148 valence electrons. The molecule has 1 fully saturated rings. The lowest BCUT2D eigenvalue weighted by Crippen LogP contribution is -2.48. The number of halogens is 1. The summed E-state index contributed by atoms with van der Waals surface area (Å²) in [5.74, 6) is 0.758. The molecule has 0 unspecified atom stereocenters. The van der Waals surface area contributed by atoms with Gasteiger partial charge in [-0.2, -0.15) is 0 Å². The highest BCUT2D eigenvalue weighted by Gasteiger charge is 2.28. The molecule has 4 rings (SSSR count). The highest BCUT2D eigenvalue weighted by atomic mass is 32.1. The summed E-state index contributed by atoms with van der Waals surface area (Å²) >= 11 is 1.73. The largest absolute Gasteiger partial charge is 0.369 e. The third kappa shape index (κ3) is 4.23. The number of hydrogen-bond acceptors (Lipinski definition) is 6. The van der Waals surface area contributed by atoms with Gasteiger partial charge in [0.25, 0.3) is 0 Å². The maximum absolute atomic E-state index is 13.2. The molecule has 0 saturated carbocycles. The quantitative estimate of drug-likeness (QED) is 0.607. The van der Waals surface area contributed by atoms with Gasteiger partial charge in [0.1, 0.15) is 5.82 Å². The van der Waals surface area contributed by atoms with Crippen molar-refractivity contribution in [2.24, 2.45) is 0 Å². The molecule has 3 heterocycles. The minimum Gasteiger partial charge on any atom is -0.369 e. The molecular weight excluding hydrogens is 375 g/mol. The number of hydrogen-bond donors (Lipinski definition) is 0. The van der Waals surface area contributed by atoms with Gasteiger partial charge in [-0.1, -0.05) is 19.4 Å². The minimum atomic E-state index is -0.192. The Morgan fingerprint density at radius 3 is 2.57 bits per heavy atom. The summed E-state index contributed by atoms with van der Waals surface area (Å²) in [5, 5.41) is 14.7. The van der Waals surface area contributed by atoms with E-state index in [1.54, 1.807) is 11.3 Å². The van der Waals surface area contributed by atoms with E-state index in [1.807, 2.05) is 16.8 Å². The zero-order valence-corrected chi connectivity index (χ0v) is 16.9. The van der Waals surface area contributed by atoms with Gasteiger partial charge in [-0.15, -0.1) is 16.4 Å². The monoisotopic (exact) mass is 400 g/mol. The standard InChI is InChI=1S/C20H25FN6S/c1-2-4-19(20-22-23-24-27(20)15-18-5-3-14-28-18)26-12-10-25(11-13-26)17-8-6-16(21)7-9-17/h3,5-9,14,19H,2,4,10-13,15H2,1H3/t19-/m0/s1. The second-order valence-electron chi connectivity index (χ2n) is 7.08. The Balaban J connectivity index is 1.46. The summed E-state index contributed by atoms with van der Waals surface area (Å²) in [6, 6.07) is 11.2. The predicted octanol–water partition coefficient (Wildman–Crippen LogP) is 3.59. The lowest BCUT2D eigenvalue weighted by molar-refractivity contribution is 0.164. The van der Waals surface area contributed by atoms with Crippen LogP contribution in [-0.2, 0) is 6.54 Å². The van der Waals surface area contributed by atoms with Crippen LogP contribution in [0.1, 0.15) is 36.5 Å². The number of aromatic nitrogens is 4. The maximum Gasteiger partial charge on any atom is 0.168 e. The summed E-state index contributed by atoms with van der Waals surface area (Å²) in [5.41, 5.74) is 1.08. The molecule has 0 spiro atoms. The van der Waals surface area contributed by atoms with Crippen molar-refractivity contribution in [3.05, 3.63) is 58.3 Å². The fraction of sp³-hybridized carbons (Fsp3) is 0.450. The summed E-state index contributed by atoms with van der Waals surface area (Å²) in [7, 11) is 0.